The van der Waals surface area contributed by atoms with Gasteiger partial charge >= 0.3 is 0 Å². The Hall–Kier alpha value is -0.930. The first-order chi connectivity index (χ1) is 9.75. The predicted octanol–water partition coefficient (Wildman–Crippen LogP) is 3.22. The van der Waals surface area contributed by atoms with Crippen LogP contribution in [0.4, 0.5) is 4.39 Å². The molecule has 2 rings (SSSR count). The lowest BCUT2D eigenvalue weighted by molar-refractivity contribution is 0.280. The van der Waals surface area contributed by atoms with Crippen LogP contribution in [0.5, 0.6) is 0 Å². The van der Waals surface area contributed by atoms with Crippen LogP contribution < -0.4 is 5.32 Å². The topological polar surface area (TPSA) is 15.3 Å². The van der Waals surface area contributed by atoms with Crippen molar-refractivity contribution in [1.82, 2.24) is 10.2 Å². The molecule has 0 radical (unpaired) electrons. The van der Waals surface area contributed by atoms with E-state index in [2.05, 4.69) is 17.1 Å². The zero-order valence-corrected chi connectivity index (χ0v) is 12.6. The summed E-state index contributed by atoms with van der Waals surface area (Å²) in [6.07, 6.45) is 6.20. The highest BCUT2D eigenvalue weighted by Crippen LogP contribution is 2.10. The summed E-state index contributed by atoms with van der Waals surface area (Å²) in [4.78, 5) is 2.55. The van der Waals surface area contributed by atoms with Crippen molar-refractivity contribution < 1.29 is 4.39 Å². The van der Waals surface area contributed by atoms with Gasteiger partial charge in [-0.25, -0.2) is 4.39 Å². The fraction of sp³-hybridized carbons (Fsp3) is 0.647. The van der Waals surface area contributed by atoms with Gasteiger partial charge in [0.15, 0.2) is 0 Å². The van der Waals surface area contributed by atoms with Crippen molar-refractivity contribution in [3.05, 3.63) is 35.6 Å². The first kappa shape index (κ1) is 15.5. The summed E-state index contributed by atoms with van der Waals surface area (Å²) in [5.74, 6) is -0.0892. The maximum Gasteiger partial charge on any atom is 0.126 e. The summed E-state index contributed by atoms with van der Waals surface area (Å²) >= 11 is 0. The van der Waals surface area contributed by atoms with Gasteiger partial charge in [-0.1, -0.05) is 31.0 Å². The van der Waals surface area contributed by atoms with Crippen LogP contribution in [0.15, 0.2) is 24.3 Å². The quantitative estimate of drug-likeness (QED) is 0.859. The predicted molar refractivity (Wildman–Crippen MR) is 82.5 cm³/mol. The zero-order valence-electron chi connectivity index (χ0n) is 12.6. The molecule has 0 aromatic heterocycles. The van der Waals surface area contributed by atoms with Gasteiger partial charge in [-0.3, -0.25) is 0 Å². The van der Waals surface area contributed by atoms with Crippen molar-refractivity contribution in [2.45, 2.75) is 45.1 Å². The summed E-state index contributed by atoms with van der Waals surface area (Å²) in [6.45, 7) is 6.72. The van der Waals surface area contributed by atoms with E-state index in [4.69, 9.17) is 0 Å². The average molecular weight is 278 g/mol. The van der Waals surface area contributed by atoms with Crippen LogP contribution >= 0.6 is 0 Å². The molecule has 2 nitrogen and oxygen atoms in total. The molecule has 20 heavy (non-hydrogen) atoms. The number of nitrogens with zero attached hydrogens (tertiary/aromatic N) is 1. The molecule has 0 bridgehead atoms. The third-order valence-corrected chi connectivity index (χ3v) is 4.10. The molecule has 0 aliphatic carbocycles. The highest BCUT2D eigenvalue weighted by atomic mass is 19.1. The average Bonchev–Trinajstić information content (AvgIpc) is 2.70. The molecule has 1 aromatic rings. The van der Waals surface area contributed by atoms with Crippen LogP contribution in [0.2, 0.25) is 0 Å². The molecule has 1 atom stereocenters. The lowest BCUT2D eigenvalue weighted by Gasteiger charge is -2.21. The van der Waals surface area contributed by atoms with Crippen LogP contribution in [-0.2, 0) is 6.42 Å². The highest BCUT2D eigenvalue weighted by molar-refractivity contribution is 5.18. The Balaban J connectivity index is 1.67. The highest BCUT2D eigenvalue weighted by Gasteiger charge is 2.10. The van der Waals surface area contributed by atoms with Crippen molar-refractivity contribution in [3.8, 4) is 0 Å². The van der Waals surface area contributed by atoms with Crippen LogP contribution in [0.25, 0.3) is 0 Å². The molecule has 1 fully saturated rings. The van der Waals surface area contributed by atoms with Gasteiger partial charge in [0.05, 0.1) is 0 Å². The Labute approximate surface area is 122 Å². The zero-order chi connectivity index (χ0) is 14.2. The minimum absolute atomic E-state index is 0.0892. The van der Waals surface area contributed by atoms with Gasteiger partial charge in [0, 0.05) is 19.1 Å². The normalized spacial score (nSPS) is 18.7. The molecule has 1 unspecified atom stereocenters. The molecule has 1 saturated heterocycles. The second-order valence-electron chi connectivity index (χ2n) is 5.91. The van der Waals surface area contributed by atoms with Crippen LogP contribution in [0, 0.1) is 5.82 Å². The summed E-state index contributed by atoms with van der Waals surface area (Å²) in [5.41, 5.74) is 0.808. The van der Waals surface area contributed by atoms with E-state index in [1.54, 1.807) is 12.1 Å². The maximum absolute atomic E-state index is 13.6. The number of nitrogens with one attached hydrogen (secondary N) is 1. The number of halogens is 1. The molecule has 1 aliphatic rings. The first-order valence-corrected chi connectivity index (χ1v) is 7.95. The third-order valence-electron chi connectivity index (χ3n) is 4.10. The number of hydrogen-bond donors (Lipinski definition) is 1. The van der Waals surface area contributed by atoms with Crippen molar-refractivity contribution >= 4 is 0 Å². The fourth-order valence-electron chi connectivity index (χ4n) is 2.89. The lowest BCUT2D eigenvalue weighted by Crippen LogP contribution is -2.37. The standard InChI is InChI=1S/C17H27FN2/c1-15(14-16-8-4-5-9-17(16)18)19-10-13-20-11-6-2-3-7-12-20/h4-5,8-9,15,19H,2-3,6-7,10-14H2,1H3. The molecule has 1 heterocycles. The monoisotopic (exact) mass is 278 g/mol. The van der Waals surface area contributed by atoms with Gasteiger partial charge in [0.25, 0.3) is 0 Å². The molecule has 1 aromatic carbocycles. The molecule has 1 aliphatic heterocycles. The fourth-order valence-corrected chi connectivity index (χ4v) is 2.89. The van der Waals surface area contributed by atoms with Gasteiger partial charge in [0.2, 0.25) is 0 Å². The summed E-state index contributed by atoms with van der Waals surface area (Å²) in [6, 6.07) is 7.39. The van der Waals surface area contributed by atoms with Gasteiger partial charge in [-0.15, -0.1) is 0 Å². The van der Waals surface area contributed by atoms with Crippen molar-refractivity contribution in [2.24, 2.45) is 0 Å². The molecule has 0 amide bonds. The van der Waals surface area contributed by atoms with E-state index < -0.39 is 0 Å². The molecule has 3 heteroatoms. The second kappa shape index (κ2) is 8.38. The van der Waals surface area contributed by atoms with Crippen LogP contribution in [0.3, 0.4) is 0 Å². The SMILES string of the molecule is CC(Cc1ccccc1F)NCCN1CCCCCC1. The van der Waals surface area contributed by atoms with E-state index in [1.807, 2.05) is 12.1 Å². The van der Waals surface area contributed by atoms with Crippen molar-refractivity contribution in [2.75, 3.05) is 26.2 Å². The molecule has 0 spiro atoms. The Morgan fingerprint density at radius 3 is 2.55 bits per heavy atom. The van der Waals surface area contributed by atoms with E-state index in [0.29, 0.717) is 6.04 Å². The van der Waals surface area contributed by atoms with E-state index >= 15 is 0 Å². The second-order valence-corrected chi connectivity index (χ2v) is 5.91. The smallest absolute Gasteiger partial charge is 0.126 e. The molecular weight excluding hydrogens is 251 g/mol. The molecule has 0 saturated carbocycles. The number of likely N-dealkylation sites (tertiary alicyclic amines) is 1. The summed E-state index contributed by atoms with van der Waals surface area (Å²) in [7, 11) is 0. The first-order valence-electron chi connectivity index (χ1n) is 7.95. The summed E-state index contributed by atoms with van der Waals surface area (Å²) in [5, 5.41) is 3.52. The maximum atomic E-state index is 13.6. The minimum atomic E-state index is -0.0892. The van der Waals surface area contributed by atoms with Gasteiger partial charge in [0.1, 0.15) is 5.82 Å². The summed E-state index contributed by atoms with van der Waals surface area (Å²) < 4.78 is 13.6. The lowest BCUT2D eigenvalue weighted by atomic mass is 10.1. The Morgan fingerprint density at radius 1 is 1.15 bits per heavy atom. The third kappa shape index (κ3) is 5.22. The minimum Gasteiger partial charge on any atom is -0.313 e. The van der Waals surface area contributed by atoms with Crippen LogP contribution in [-0.4, -0.2) is 37.1 Å². The van der Waals surface area contributed by atoms with Crippen molar-refractivity contribution in [3.63, 3.8) is 0 Å². The molecule has 1 N–H and O–H groups in total. The molecule has 112 valence electrons. The van der Waals surface area contributed by atoms with E-state index in [9.17, 15) is 4.39 Å². The largest absolute Gasteiger partial charge is 0.313 e. The van der Waals surface area contributed by atoms with Gasteiger partial charge in [-0.2, -0.15) is 0 Å². The van der Waals surface area contributed by atoms with Crippen molar-refractivity contribution in [1.29, 1.82) is 0 Å². The Bertz CT molecular complexity index is 386. The number of benzene rings is 1. The van der Waals surface area contributed by atoms with E-state index in [1.165, 1.54) is 38.8 Å². The molecular formula is C17H27FN2. The van der Waals surface area contributed by atoms with Crippen LogP contribution in [0.1, 0.15) is 38.2 Å². The van der Waals surface area contributed by atoms with Gasteiger partial charge < -0.3 is 10.2 Å². The Morgan fingerprint density at radius 2 is 1.85 bits per heavy atom. The number of rotatable bonds is 6. The van der Waals surface area contributed by atoms with Gasteiger partial charge in [-0.05, 0) is 50.9 Å². The van der Waals surface area contributed by atoms with E-state index in [0.717, 1.165) is 25.1 Å². The Kier molecular flexibility index (Phi) is 6.48. The number of hydrogen-bond acceptors (Lipinski definition) is 2. The van der Waals surface area contributed by atoms with E-state index in [-0.39, 0.29) is 5.82 Å².